The molecule has 98 valence electrons. The van der Waals surface area contributed by atoms with Gasteiger partial charge in [-0.2, -0.15) is 0 Å². The van der Waals surface area contributed by atoms with Crippen molar-refractivity contribution in [3.05, 3.63) is 0 Å². The Kier molecular flexibility index (Phi) is 8.90. The summed E-state index contributed by atoms with van der Waals surface area (Å²) in [4.78, 5) is 2.47. The van der Waals surface area contributed by atoms with Crippen molar-refractivity contribution in [1.29, 1.82) is 0 Å². The van der Waals surface area contributed by atoms with E-state index in [4.69, 9.17) is 10.5 Å². The Hall–Kier alpha value is -0.120. The zero-order valence-electron chi connectivity index (χ0n) is 11.7. The summed E-state index contributed by atoms with van der Waals surface area (Å²) in [6.07, 6.45) is 2.11. The molecule has 0 heterocycles. The maximum atomic E-state index is 6.13. The highest BCUT2D eigenvalue weighted by Gasteiger charge is 2.14. The quantitative estimate of drug-likeness (QED) is 0.617. The van der Waals surface area contributed by atoms with E-state index in [0.29, 0.717) is 12.0 Å². The fourth-order valence-electron chi connectivity index (χ4n) is 1.85. The summed E-state index contributed by atoms with van der Waals surface area (Å²) in [5.74, 6) is 0.702. The van der Waals surface area contributed by atoms with Crippen molar-refractivity contribution in [3.8, 4) is 0 Å². The molecule has 0 aromatic carbocycles. The Morgan fingerprint density at radius 2 is 1.75 bits per heavy atom. The van der Waals surface area contributed by atoms with Crippen LogP contribution in [0.3, 0.4) is 0 Å². The largest absolute Gasteiger partial charge is 0.385 e. The van der Waals surface area contributed by atoms with E-state index in [-0.39, 0.29) is 6.04 Å². The van der Waals surface area contributed by atoms with Gasteiger partial charge in [0.05, 0.1) is 0 Å². The smallest absolute Gasteiger partial charge is 0.0462 e. The number of methoxy groups -OCH3 is 1. The molecule has 0 fully saturated rings. The molecule has 2 N–H and O–H groups in total. The van der Waals surface area contributed by atoms with Gasteiger partial charge in [0.15, 0.2) is 0 Å². The van der Waals surface area contributed by atoms with E-state index in [1.54, 1.807) is 7.11 Å². The molecule has 3 nitrogen and oxygen atoms in total. The summed E-state index contributed by atoms with van der Waals surface area (Å²) in [6, 6.07) is 0.854. The van der Waals surface area contributed by atoms with Crippen LogP contribution in [-0.4, -0.2) is 43.8 Å². The van der Waals surface area contributed by atoms with Gasteiger partial charge in [-0.15, -0.1) is 0 Å². The van der Waals surface area contributed by atoms with Crippen molar-refractivity contribution < 1.29 is 4.74 Å². The summed E-state index contributed by atoms with van der Waals surface area (Å²) >= 11 is 0. The van der Waals surface area contributed by atoms with Crippen LogP contribution in [0.5, 0.6) is 0 Å². The highest BCUT2D eigenvalue weighted by Crippen LogP contribution is 2.06. The van der Waals surface area contributed by atoms with E-state index < -0.39 is 0 Å². The standard InChI is InChI=1S/C13H30N2O/c1-11(2)9-15(12(3)4)10-13(14)7-6-8-16-5/h11-13H,6-10,14H2,1-5H3. The predicted molar refractivity (Wildman–Crippen MR) is 70.6 cm³/mol. The fourth-order valence-corrected chi connectivity index (χ4v) is 1.85. The summed E-state index contributed by atoms with van der Waals surface area (Å²) in [6.45, 7) is 11.9. The summed E-state index contributed by atoms with van der Waals surface area (Å²) in [7, 11) is 1.74. The Balaban J connectivity index is 3.88. The normalized spacial score (nSPS) is 14.1. The van der Waals surface area contributed by atoms with Crippen LogP contribution in [0.15, 0.2) is 0 Å². The number of hydrogen-bond acceptors (Lipinski definition) is 3. The summed E-state index contributed by atoms with van der Waals surface area (Å²) in [5.41, 5.74) is 6.13. The molecular weight excluding hydrogens is 200 g/mol. The molecule has 3 heteroatoms. The second-order valence-electron chi connectivity index (χ2n) is 5.34. The molecule has 0 aromatic rings. The number of nitrogens with two attached hydrogens (primary N) is 1. The molecule has 0 radical (unpaired) electrons. The van der Waals surface area contributed by atoms with Crippen molar-refractivity contribution in [1.82, 2.24) is 4.90 Å². The van der Waals surface area contributed by atoms with Gasteiger partial charge in [0.2, 0.25) is 0 Å². The Morgan fingerprint density at radius 1 is 1.12 bits per heavy atom. The first-order valence-corrected chi connectivity index (χ1v) is 6.46. The van der Waals surface area contributed by atoms with E-state index in [1.807, 2.05) is 0 Å². The molecule has 0 spiro atoms. The fraction of sp³-hybridized carbons (Fsp3) is 1.00. The number of rotatable bonds is 9. The third-order valence-corrected chi connectivity index (χ3v) is 2.72. The topological polar surface area (TPSA) is 38.5 Å². The SMILES string of the molecule is COCCCC(N)CN(CC(C)C)C(C)C. The lowest BCUT2D eigenvalue weighted by molar-refractivity contribution is 0.168. The summed E-state index contributed by atoms with van der Waals surface area (Å²) < 4.78 is 5.04. The van der Waals surface area contributed by atoms with Crippen LogP contribution in [0.1, 0.15) is 40.5 Å². The molecule has 1 unspecified atom stereocenters. The maximum Gasteiger partial charge on any atom is 0.0462 e. The van der Waals surface area contributed by atoms with Gasteiger partial charge in [0, 0.05) is 38.9 Å². The Labute approximate surface area is 101 Å². The molecule has 0 aliphatic heterocycles. The van der Waals surface area contributed by atoms with Gasteiger partial charge in [-0.3, -0.25) is 4.90 Å². The maximum absolute atomic E-state index is 6.13. The van der Waals surface area contributed by atoms with Gasteiger partial charge < -0.3 is 10.5 Å². The van der Waals surface area contributed by atoms with Crippen LogP contribution in [0.25, 0.3) is 0 Å². The molecule has 0 aliphatic rings. The minimum absolute atomic E-state index is 0.274. The highest BCUT2D eigenvalue weighted by molar-refractivity contribution is 4.72. The minimum atomic E-state index is 0.274. The van der Waals surface area contributed by atoms with Crippen LogP contribution in [0, 0.1) is 5.92 Å². The second kappa shape index (κ2) is 8.97. The third kappa shape index (κ3) is 8.08. The Bertz CT molecular complexity index is 160. The average Bonchev–Trinajstić information content (AvgIpc) is 2.16. The highest BCUT2D eigenvalue weighted by atomic mass is 16.5. The van der Waals surface area contributed by atoms with E-state index >= 15 is 0 Å². The lowest BCUT2D eigenvalue weighted by Crippen LogP contribution is -2.43. The molecule has 1 atom stereocenters. The molecule has 0 amide bonds. The lowest BCUT2D eigenvalue weighted by atomic mass is 10.1. The molecule has 0 aromatic heterocycles. The van der Waals surface area contributed by atoms with E-state index in [1.165, 1.54) is 0 Å². The van der Waals surface area contributed by atoms with Crippen LogP contribution in [0.2, 0.25) is 0 Å². The van der Waals surface area contributed by atoms with Gasteiger partial charge in [-0.05, 0) is 32.6 Å². The third-order valence-electron chi connectivity index (χ3n) is 2.72. The van der Waals surface area contributed by atoms with Gasteiger partial charge in [-0.1, -0.05) is 13.8 Å². The van der Waals surface area contributed by atoms with E-state index in [9.17, 15) is 0 Å². The van der Waals surface area contributed by atoms with Crippen LogP contribution < -0.4 is 5.73 Å². The first-order valence-electron chi connectivity index (χ1n) is 6.46. The van der Waals surface area contributed by atoms with Crippen molar-refractivity contribution in [2.75, 3.05) is 26.8 Å². The molecule has 0 rings (SSSR count). The van der Waals surface area contributed by atoms with Gasteiger partial charge in [-0.25, -0.2) is 0 Å². The van der Waals surface area contributed by atoms with Crippen LogP contribution in [0.4, 0.5) is 0 Å². The first-order chi connectivity index (χ1) is 7.47. The Morgan fingerprint density at radius 3 is 2.19 bits per heavy atom. The van der Waals surface area contributed by atoms with Crippen molar-refractivity contribution in [2.45, 2.75) is 52.6 Å². The van der Waals surface area contributed by atoms with Gasteiger partial charge in [0.25, 0.3) is 0 Å². The molecule has 0 bridgehead atoms. The lowest BCUT2D eigenvalue weighted by Gasteiger charge is -2.30. The second-order valence-corrected chi connectivity index (χ2v) is 5.34. The number of ether oxygens (including phenoxy) is 1. The van der Waals surface area contributed by atoms with E-state index in [0.717, 1.165) is 32.5 Å². The predicted octanol–water partition coefficient (Wildman–Crippen LogP) is 2.11. The molecular formula is C13H30N2O. The molecule has 16 heavy (non-hydrogen) atoms. The first kappa shape index (κ1) is 15.9. The van der Waals surface area contributed by atoms with Crippen molar-refractivity contribution >= 4 is 0 Å². The van der Waals surface area contributed by atoms with Crippen LogP contribution in [-0.2, 0) is 4.74 Å². The molecule has 0 saturated carbocycles. The average molecular weight is 230 g/mol. The molecule has 0 aliphatic carbocycles. The zero-order valence-corrected chi connectivity index (χ0v) is 11.7. The van der Waals surface area contributed by atoms with Gasteiger partial charge in [0.1, 0.15) is 0 Å². The zero-order chi connectivity index (χ0) is 12.6. The van der Waals surface area contributed by atoms with Crippen molar-refractivity contribution in [3.63, 3.8) is 0 Å². The minimum Gasteiger partial charge on any atom is -0.385 e. The number of hydrogen-bond donors (Lipinski definition) is 1. The van der Waals surface area contributed by atoms with E-state index in [2.05, 4.69) is 32.6 Å². The molecule has 0 saturated heterocycles. The van der Waals surface area contributed by atoms with Gasteiger partial charge >= 0.3 is 0 Å². The number of nitrogens with zero attached hydrogens (tertiary/aromatic N) is 1. The monoisotopic (exact) mass is 230 g/mol. The van der Waals surface area contributed by atoms with Crippen LogP contribution >= 0.6 is 0 Å². The summed E-state index contributed by atoms with van der Waals surface area (Å²) in [5, 5.41) is 0. The van der Waals surface area contributed by atoms with Crippen molar-refractivity contribution in [2.24, 2.45) is 11.7 Å².